The summed E-state index contributed by atoms with van der Waals surface area (Å²) < 4.78 is 0. The van der Waals surface area contributed by atoms with Gasteiger partial charge in [0.1, 0.15) is 0 Å². The van der Waals surface area contributed by atoms with Crippen molar-refractivity contribution in [2.45, 2.75) is 64.0 Å². The van der Waals surface area contributed by atoms with Gasteiger partial charge in [-0.3, -0.25) is 0 Å². The molecule has 0 bridgehead atoms. The first-order valence-corrected chi connectivity index (χ1v) is 6.18. The number of hydrogen-bond acceptors (Lipinski definition) is 1. The minimum absolute atomic E-state index is 0.654. The predicted octanol–water partition coefficient (Wildman–Crippen LogP) is 3.32. The molecule has 0 saturated heterocycles. The van der Waals surface area contributed by atoms with Gasteiger partial charge in [-0.2, -0.15) is 0 Å². The van der Waals surface area contributed by atoms with Crippen molar-refractivity contribution in [1.82, 2.24) is 5.32 Å². The van der Waals surface area contributed by atoms with Gasteiger partial charge in [-0.1, -0.05) is 19.3 Å². The molecule has 0 aromatic heterocycles. The molecule has 0 aromatic rings. The molecule has 2 heteroatoms. The summed E-state index contributed by atoms with van der Waals surface area (Å²) >= 11 is 5.66. The molecule has 0 aromatic carbocycles. The van der Waals surface area contributed by atoms with E-state index in [2.05, 4.69) is 12.2 Å². The van der Waals surface area contributed by atoms with Gasteiger partial charge in [0.05, 0.1) is 0 Å². The van der Waals surface area contributed by atoms with Crippen molar-refractivity contribution < 1.29 is 0 Å². The number of rotatable bonds is 5. The Morgan fingerprint density at radius 3 is 2.62 bits per heavy atom. The highest BCUT2D eigenvalue weighted by Gasteiger charge is 2.14. The second-order valence-electron chi connectivity index (χ2n) is 4.23. The molecule has 1 aliphatic carbocycles. The molecule has 1 rings (SSSR count). The van der Waals surface area contributed by atoms with Crippen molar-refractivity contribution in [2.75, 3.05) is 5.88 Å². The van der Waals surface area contributed by atoms with Crippen LogP contribution in [-0.2, 0) is 0 Å². The standard InChI is InChI=1S/C11H22ClN/c1-10(6-5-9-12)13-11-7-3-2-4-8-11/h10-11,13H,2-9H2,1H3. The van der Waals surface area contributed by atoms with Crippen LogP contribution in [0.4, 0.5) is 0 Å². The summed E-state index contributed by atoms with van der Waals surface area (Å²) in [4.78, 5) is 0. The molecule has 0 heterocycles. The fourth-order valence-corrected chi connectivity index (χ4v) is 2.29. The molecule has 1 saturated carbocycles. The van der Waals surface area contributed by atoms with E-state index in [9.17, 15) is 0 Å². The normalized spacial score (nSPS) is 21.7. The van der Waals surface area contributed by atoms with Gasteiger partial charge in [-0.15, -0.1) is 11.6 Å². The van der Waals surface area contributed by atoms with Crippen molar-refractivity contribution in [3.8, 4) is 0 Å². The Labute approximate surface area is 87.2 Å². The van der Waals surface area contributed by atoms with Crippen LogP contribution in [0, 0.1) is 0 Å². The fraction of sp³-hybridized carbons (Fsp3) is 1.00. The summed E-state index contributed by atoms with van der Waals surface area (Å²) in [6.45, 7) is 2.28. The lowest BCUT2D eigenvalue weighted by atomic mass is 9.94. The molecule has 13 heavy (non-hydrogen) atoms. The van der Waals surface area contributed by atoms with Crippen LogP contribution in [0.2, 0.25) is 0 Å². The number of hydrogen-bond donors (Lipinski definition) is 1. The van der Waals surface area contributed by atoms with E-state index < -0.39 is 0 Å². The maximum absolute atomic E-state index is 5.66. The SMILES string of the molecule is CC(CCCCl)NC1CCCCC1. The monoisotopic (exact) mass is 203 g/mol. The molecule has 1 unspecified atom stereocenters. The highest BCUT2D eigenvalue weighted by atomic mass is 35.5. The van der Waals surface area contributed by atoms with Crippen molar-refractivity contribution in [3.63, 3.8) is 0 Å². The van der Waals surface area contributed by atoms with Crippen molar-refractivity contribution >= 4 is 11.6 Å². The number of alkyl halides is 1. The van der Waals surface area contributed by atoms with E-state index in [0.717, 1.165) is 18.3 Å². The van der Waals surface area contributed by atoms with Crippen LogP contribution in [-0.4, -0.2) is 18.0 Å². The summed E-state index contributed by atoms with van der Waals surface area (Å²) in [6, 6.07) is 1.45. The minimum Gasteiger partial charge on any atom is -0.312 e. The highest BCUT2D eigenvalue weighted by molar-refractivity contribution is 6.17. The van der Waals surface area contributed by atoms with Crippen molar-refractivity contribution in [2.24, 2.45) is 0 Å². The molecule has 1 nitrogen and oxygen atoms in total. The van der Waals surface area contributed by atoms with Crippen molar-refractivity contribution in [1.29, 1.82) is 0 Å². The van der Waals surface area contributed by atoms with Crippen LogP contribution in [0.15, 0.2) is 0 Å². The molecule has 0 spiro atoms. The van der Waals surface area contributed by atoms with Crippen LogP contribution in [0.25, 0.3) is 0 Å². The van der Waals surface area contributed by atoms with Gasteiger partial charge in [0, 0.05) is 18.0 Å². The summed E-state index contributed by atoms with van der Waals surface area (Å²) in [5, 5.41) is 3.69. The van der Waals surface area contributed by atoms with Gasteiger partial charge in [-0.05, 0) is 32.6 Å². The van der Waals surface area contributed by atoms with Crippen LogP contribution in [0.3, 0.4) is 0 Å². The third kappa shape index (κ3) is 4.87. The average molecular weight is 204 g/mol. The lowest BCUT2D eigenvalue weighted by Crippen LogP contribution is -2.37. The lowest BCUT2D eigenvalue weighted by molar-refractivity contribution is 0.336. The quantitative estimate of drug-likeness (QED) is 0.677. The van der Waals surface area contributed by atoms with E-state index >= 15 is 0 Å². The topological polar surface area (TPSA) is 12.0 Å². The van der Waals surface area contributed by atoms with E-state index in [1.165, 1.54) is 38.5 Å². The maximum Gasteiger partial charge on any atom is 0.0224 e. The first kappa shape index (κ1) is 11.3. The van der Waals surface area contributed by atoms with E-state index in [4.69, 9.17) is 11.6 Å². The Morgan fingerprint density at radius 2 is 2.00 bits per heavy atom. The average Bonchev–Trinajstić information content (AvgIpc) is 2.16. The van der Waals surface area contributed by atoms with Gasteiger partial charge in [-0.25, -0.2) is 0 Å². The third-order valence-corrected chi connectivity index (χ3v) is 3.16. The molecule has 1 fully saturated rings. The summed E-state index contributed by atoms with van der Waals surface area (Å²) in [5.74, 6) is 0.802. The Kier molecular flexibility index (Phi) is 5.81. The first-order chi connectivity index (χ1) is 6.33. The predicted molar refractivity (Wildman–Crippen MR) is 59.4 cm³/mol. The Morgan fingerprint density at radius 1 is 1.31 bits per heavy atom. The van der Waals surface area contributed by atoms with Crippen LogP contribution in [0.1, 0.15) is 51.9 Å². The van der Waals surface area contributed by atoms with Crippen molar-refractivity contribution in [3.05, 3.63) is 0 Å². The van der Waals surface area contributed by atoms with Gasteiger partial charge in [0.25, 0.3) is 0 Å². The van der Waals surface area contributed by atoms with Crippen LogP contribution < -0.4 is 5.32 Å². The first-order valence-electron chi connectivity index (χ1n) is 5.65. The minimum atomic E-state index is 0.654. The smallest absolute Gasteiger partial charge is 0.0224 e. The molecule has 1 aliphatic rings. The molecule has 1 atom stereocenters. The van der Waals surface area contributed by atoms with Gasteiger partial charge in [0.15, 0.2) is 0 Å². The third-order valence-electron chi connectivity index (χ3n) is 2.90. The molecule has 1 N–H and O–H groups in total. The number of nitrogens with one attached hydrogen (secondary N) is 1. The zero-order valence-corrected chi connectivity index (χ0v) is 9.45. The number of halogens is 1. The molecule has 0 radical (unpaired) electrons. The molecule has 78 valence electrons. The van der Waals surface area contributed by atoms with Gasteiger partial charge in [0.2, 0.25) is 0 Å². The van der Waals surface area contributed by atoms with Gasteiger partial charge < -0.3 is 5.32 Å². The molecule has 0 amide bonds. The zero-order valence-electron chi connectivity index (χ0n) is 8.69. The van der Waals surface area contributed by atoms with Gasteiger partial charge >= 0.3 is 0 Å². The Balaban J connectivity index is 2.07. The fourth-order valence-electron chi connectivity index (χ4n) is 2.14. The lowest BCUT2D eigenvalue weighted by Gasteiger charge is -2.26. The summed E-state index contributed by atoms with van der Waals surface area (Å²) in [6.07, 6.45) is 9.40. The molecular weight excluding hydrogens is 182 g/mol. The largest absolute Gasteiger partial charge is 0.312 e. The van der Waals surface area contributed by atoms with Crippen LogP contribution >= 0.6 is 11.6 Å². The zero-order chi connectivity index (χ0) is 9.52. The molecule has 0 aliphatic heterocycles. The van der Waals surface area contributed by atoms with E-state index in [1.807, 2.05) is 0 Å². The summed E-state index contributed by atoms with van der Waals surface area (Å²) in [5.41, 5.74) is 0. The second-order valence-corrected chi connectivity index (χ2v) is 4.61. The van der Waals surface area contributed by atoms with E-state index in [-0.39, 0.29) is 0 Å². The van der Waals surface area contributed by atoms with E-state index in [1.54, 1.807) is 0 Å². The maximum atomic E-state index is 5.66. The second kappa shape index (κ2) is 6.67. The van der Waals surface area contributed by atoms with E-state index in [0.29, 0.717) is 6.04 Å². The molecular formula is C11H22ClN. The Hall–Kier alpha value is 0.250. The highest BCUT2D eigenvalue weighted by Crippen LogP contribution is 2.18. The van der Waals surface area contributed by atoms with Crippen LogP contribution in [0.5, 0.6) is 0 Å². The summed E-state index contributed by atoms with van der Waals surface area (Å²) in [7, 11) is 0. The Bertz CT molecular complexity index is 121.